The molecule has 0 spiro atoms. The molecular formula is C19H22N2O. The van der Waals surface area contributed by atoms with Gasteiger partial charge >= 0.3 is 0 Å². The number of aromatic hydroxyl groups is 1. The van der Waals surface area contributed by atoms with Gasteiger partial charge in [0.05, 0.1) is 5.54 Å². The van der Waals surface area contributed by atoms with E-state index in [4.69, 9.17) is 0 Å². The fraction of sp³-hybridized carbons (Fsp3) is 0.368. The first-order valence-corrected chi connectivity index (χ1v) is 7.98. The molecule has 2 atom stereocenters. The van der Waals surface area contributed by atoms with Crippen molar-refractivity contribution in [3.63, 3.8) is 0 Å². The lowest BCUT2D eigenvalue weighted by Crippen LogP contribution is -2.46. The Morgan fingerprint density at radius 2 is 1.82 bits per heavy atom. The van der Waals surface area contributed by atoms with Crippen LogP contribution in [-0.2, 0) is 18.6 Å². The summed E-state index contributed by atoms with van der Waals surface area (Å²) in [5.74, 6) is 0.426. The number of phenols is 1. The molecule has 2 aromatic rings. The van der Waals surface area contributed by atoms with Crippen molar-refractivity contribution < 1.29 is 5.11 Å². The van der Waals surface area contributed by atoms with Gasteiger partial charge in [-0.3, -0.25) is 9.80 Å². The predicted molar refractivity (Wildman–Crippen MR) is 87.6 cm³/mol. The molecule has 114 valence electrons. The van der Waals surface area contributed by atoms with Gasteiger partial charge in [-0.05, 0) is 30.7 Å². The van der Waals surface area contributed by atoms with E-state index in [-0.39, 0.29) is 5.54 Å². The van der Waals surface area contributed by atoms with Crippen molar-refractivity contribution in [2.24, 2.45) is 0 Å². The summed E-state index contributed by atoms with van der Waals surface area (Å²) in [5.41, 5.74) is 3.78. The molecule has 1 N–H and O–H groups in total. The summed E-state index contributed by atoms with van der Waals surface area (Å²) < 4.78 is 0. The summed E-state index contributed by atoms with van der Waals surface area (Å²) in [4.78, 5) is 4.95. The van der Waals surface area contributed by atoms with Crippen LogP contribution in [0, 0.1) is 0 Å². The van der Waals surface area contributed by atoms with Gasteiger partial charge in [-0.2, -0.15) is 0 Å². The molecule has 2 bridgehead atoms. The van der Waals surface area contributed by atoms with Crippen molar-refractivity contribution >= 4 is 0 Å². The number of hydrogen-bond acceptors (Lipinski definition) is 3. The maximum absolute atomic E-state index is 10.3. The van der Waals surface area contributed by atoms with Crippen LogP contribution < -0.4 is 0 Å². The van der Waals surface area contributed by atoms with Crippen LogP contribution in [0.5, 0.6) is 5.75 Å². The molecule has 0 saturated carbocycles. The fourth-order valence-electron chi connectivity index (χ4n) is 4.10. The van der Waals surface area contributed by atoms with Gasteiger partial charge in [0.25, 0.3) is 0 Å². The Hall–Kier alpha value is -1.84. The van der Waals surface area contributed by atoms with E-state index in [1.54, 1.807) is 6.07 Å². The number of phenolic OH excluding ortho intramolecular Hbond substituents is 1. The summed E-state index contributed by atoms with van der Waals surface area (Å²) in [6, 6.07) is 16.7. The van der Waals surface area contributed by atoms with E-state index in [1.807, 2.05) is 6.07 Å². The number of hydrogen-bond donors (Lipinski definition) is 1. The highest BCUT2D eigenvalue weighted by atomic mass is 16.3. The van der Waals surface area contributed by atoms with E-state index >= 15 is 0 Å². The molecule has 0 radical (unpaired) electrons. The summed E-state index contributed by atoms with van der Waals surface area (Å²) in [6.07, 6.45) is 1.14. The summed E-state index contributed by atoms with van der Waals surface area (Å²) in [5, 5.41) is 10.3. The van der Waals surface area contributed by atoms with Crippen molar-refractivity contribution in [3.8, 4) is 5.75 Å². The third kappa shape index (κ3) is 2.04. The van der Waals surface area contributed by atoms with Crippen LogP contribution in [0.15, 0.2) is 48.5 Å². The number of nitrogens with zero attached hydrogens (tertiary/aromatic N) is 2. The van der Waals surface area contributed by atoms with Crippen LogP contribution in [0.25, 0.3) is 0 Å². The topological polar surface area (TPSA) is 26.7 Å². The number of fused-ring (bicyclic) bond motifs is 3. The summed E-state index contributed by atoms with van der Waals surface area (Å²) >= 11 is 0. The van der Waals surface area contributed by atoms with E-state index in [0.717, 1.165) is 38.2 Å². The molecule has 2 aliphatic heterocycles. The van der Waals surface area contributed by atoms with Crippen LogP contribution in [-0.4, -0.2) is 35.0 Å². The van der Waals surface area contributed by atoms with Crippen molar-refractivity contribution in [1.29, 1.82) is 0 Å². The lowest BCUT2D eigenvalue weighted by atomic mass is 9.86. The van der Waals surface area contributed by atoms with Crippen LogP contribution in [0.1, 0.15) is 23.1 Å². The molecule has 4 rings (SSSR count). The molecule has 1 fully saturated rings. The monoisotopic (exact) mass is 294 g/mol. The number of benzene rings is 2. The van der Waals surface area contributed by atoms with Gasteiger partial charge in [-0.25, -0.2) is 0 Å². The number of rotatable bonds is 1. The van der Waals surface area contributed by atoms with Gasteiger partial charge in [0, 0.05) is 31.7 Å². The minimum atomic E-state index is 0.0568. The Balaban J connectivity index is 1.80. The SMILES string of the molecule is CN1Cc2c(O)cccc2CN2CC[C@@]1(c1ccccc1)C2. The zero-order chi connectivity index (χ0) is 15.2. The first-order valence-electron chi connectivity index (χ1n) is 7.98. The van der Waals surface area contributed by atoms with Crippen LogP contribution in [0.4, 0.5) is 0 Å². The second-order valence-electron chi connectivity index (χ2n) is 6.63. The lowest BCUT2D eigenvalue weighted by molar-refractivity contribution is 0.104. The molecule has 22 heavy (non-hydrogen) atoms. The normalized spacial score (nSPS) is 28.0. The smallest absolute Gasteiger partial charge is 0.120 e. The Morgan fingerprint density at radius 3 is 2.64 bits per heavy atom. The molecule has 2 aromatic carbocycles. The minimum absolute atomic E-state index is 0.0568. The van der Waals surface area contributed by atoms with Crippen LogP contribution >= 0.6 is 0 Å². The second-order valence-corrected chi connectivity index (χ2v) is 6.63. The van der Waals surface area contributed by atoms with Crippen molar-refractivity contribution in [2.75, 3.05) is 20.1 Å². The van der Waals surface area contributed by atoms with Gasteiger partial charge in [-0.15, -0.1) is 0 Å². The standard InChI is InChI=1S/C19H22N2O/c1-20-13-17-15(6-5-9-18(17)22)12-21-11-10-19(20,14-21)16-7-3-2-4-8-16/h2-9,22H,10-14H2,1H3/t19-/m0/s1. The first-order chi connectivity index (χ1) is 10.7. The van der Waals surface area contributed by atoms with E-state index < -0.39 is 0 Å². The zero-order valence-corrected chi connectivity index (χ0v) is 13.0. The highest BCUT2D eigenvalue weighted by molar-refractivity contribution is 5.41. The van der Waals surface area contributed by atoms with Crippen molar-refractivity contribution in [3.05, 3.63) is 65.2 Å². The fourth-order valence-corrected chi connectivity index (χ4v) is 4.10. The summed E-state index contributed by atoms with van der Waals surface area (Å²) in [7, 11) is 2.19. The zero-order valence-electron chi connectivity index (χ0n) is 13.0. The van der Waals surface area contributed by atoms with Gasteiger partial charge < -0.3 is 5.11 Å². The maximum Gasteiger partial charge on any atom is 0.120 e. The third-order valence-electron chi connectivity index (χ3n) is 5.41. The molecule has 0 amide bonds. The molecular weight excluding hydrogens is 272 g/mol. The molecule has 2 heterocycles. The van der Waals surface area contributed by atoms with Crippen molar-refractivity contribution in [2.45, 2.75) is 25.0 Å². The minimum Gasteiger partial charge on any atom is -0.508 e. The summed E-state index contributed by atoms with van der Waals surface area (Å²) in [6.45, 7) is 3.90. The molecule has 3 nitrogen and oxygen atoms in total. The molecule has 1 saturated heterocycles. The Labute approximate surface area is 131 Å². The Bertz CT molecular complexity index is 685. The molecule has 0 aliphatic carbocycles. The van der Waals surface area contributed by atoms with E-state index in [0.29, 0.717) is 5.75 Å². The Morgan fingerprint density at radius 1 is 1.00 bits per heavy atom. The molecule has 3 heteroatoms. The largest absolute Gasteiger partial charge is 0.508 e. The van der Waals surface area contributed by atoms with E-state index in [9.17, 15) is 5.11 Å². The third-order valence-corrected chi connectivity index (χ3v) is 5.41. The highest BCUT2D eigenvalue weighted by Gasteiger charge is 2.44. The average molecular weight is 294 g/mol. The van der Waals surface area contributed by atoms with Crippen LogP contribution in [0.2, 0.25) is 0 Å². The highest BCUT2D eigenvalue weighted by Crippen LogP contribution is 2.41. The van der Waals surface area contributed by atoms with E-state index in [2.05, 4.69) is 53.2 Å². The number of likely N-dealkylation sites (N-methyl/N-ethyl adjacent to an activating group) is 1. The Kier molecular flexibility index (Phi) is 3.21. The van der Waals surface area contributed by atoms with Gasteiger partial charge in [0.1, 0.15) is 5.75 Å². The molecule has 0 aromatic heterocycles. The van der Waals surface area contributed by atoms with Gasteiger partial charge in [-0.1, -0.05) is 42.5 Å². The molecule has 1 unspecified atom stereocenters. The van der Waals surface area contributed by atoms with Crippen molar-refractivity contribution in [1.82, 2.24) is 9.80 Å². The molecule has 2 aliphatic rings. The second kappa shape index (κ2) is 5.11. The lowest BCUT2D eigenvalue weighted by Gasteiger charge is -2.41. The quantitative estimate of drug-likeness (QED) is 0.876. The van der Waals surface area contributed by atoms with E-state index in [1.165, 1.54) is 11.1 Å². The maximum atomic E-state index is 10.3. The predicted octanol–water partition coefficient (Wildman–Crippen LogP) is 2.94. The first kappa shape index (κ1) is 13.8. The average Bonchev–Trinajstić information content (AvgIpc) is 2.97. The van der Waals surface area contributed by atoms with Crippen LogP contribution in [0.3, 0.4) is 0 Å². The van der Waals surface area contributed by atoms with Gasteiger partial charge in [0.2, 0.25) is 0 Å². The van der Waals surface area contributed by atoms with Gasteiger partial charge in [0.15, 0.2) is 0 Å².